The number of hydrogen-bond donors (Lipinski definition) is 1. The highest BCUT2D eigenvalue weighted by atomic mass is 35.5. The standard InChI is InChI=1S/C30H35Cl2N3O4S/c1-6-27(30(37)33-7-2)34(18-23-13-16-25(31)26(32)17-23)29(36)19-35(28-10-8-9-21(4)22(28)5)40(38,39)24-14-11-20(3)12-15-24/h8-17,27H,6-7,18-19H2,1-5H3,(H,33,37)/t27-/m0/s1. The van der Waals surface area contributed by atoms with Gasteiger partial charge in [0.05, 0.1) is 20.6 Å². The number of nitrogens with one attached hydrogen (secondary N) is 1. The van der Waals surface area contributed by atoms with Gasteiger partial charge in [-0.05, 0) is 81.1 Å². The topological polar surface area (TPSA) is 86.8 Å². The third-order valence-electron chi connectivity index (χ3n) is 6.81. The van der Waals surface area contributed by atoms with Crippen LogP contribution in [0.25, 0.3) is 0 Å². The van der Waals surface area contributed by atoms with Crippen LogP contribution in [0.5, 0.6) is 0 Å². The van der Waals surface area contributed by atoms with Crippen molar-refractivity contribution in [3.05, 3.63) is 93.0 Å². The van der Waals surface area contributed by atoms with Crippen LogP contribution in [-0.2, 0) is 26.2 Å². The third-order valence-corrected chi connectivity index (χ3v) is 9.32. The fourth-order valence-electron chi connectivity index (χ4n) is 4.40. The second kappa shape index (κ2) is 13.5. The average molecular weight is 605 g/mol. The van der Waals surface area contributed by atoms with E-state index in [-0.39, 0.29) is 17.3 Å². The van der Waals surface area contributed by atoms with Gasteiger partial charge in [0, 0.05) is 13.1 Å². The molecule has 7 nitrogen and oxygen atoms in total. The van der Waals surface area contributed by atoms with Gasteiger partial charge < -0.3 is 10.2 Å². The van der Waals surface area contributed by atoms with E-state index in [0.29, 0.717) is 34.3 Å². The molecule has 0 aromatic heterocycles. The minimum atomic E-state index is -4.14. The molecular formula is C30H35Cl2N3O4S. The van der Waals surface area contributed by atoms with Gasteiger partial charge in [0.15, 0.2) is 0 Å². The highest BCUT2D eigenvalue weighted by Crippen LogP contribution is 2.30. The lowest BCUT2D eigenvalue weighted by molar-refractivity contribution is -0.140. The van der Waals surface area contributed by atoms with E-state index < -0.39 is 28.5 Å². The average Bonchev–Trinajstić information content (AvgIpc) is 2.91. The Morgan fingerprint density at radius 1 is 0.925 bits per heavy atom. The van der Waals surface area contributed by atoms with Crippen LogP contribution in [0.15, 0.2) is 65.6 Å². The monoisotopic (exact) mass is 603 g/mol. The molecule has 0 radical (unpaired) electrons. The van der Waals surface area contributed by atoms with Crippen LogP contribution in [0.4, 0.5) is 5.69 Å². The lowest BCUT2D eigenvalue weighted by Gasteiger charge is -2.33. The van der Waals surface area contributed by atoms with E-state index in [9.17, 15) is 18.0 Å². The summed E-state index contributed by atoms with van der Waals surface area (Å²) in [6.07, 6.45) is 0.326. The van der Waals surface area contributed by atoms with Crippen molar-refractivity contribution >= 4 is 50.7 Å². The zero-order chi connectivity index (χ0) is 29.6. The molecule has 0 aliphatic carbocycles. The Morgan fingerprint density at radius 2 is 1.60 bits per heavy atom. The Hall–Kier alpha value is -3.07. The Morgan fingerprint density at radius 3 is 2.20 bits per heavy atom. The number of carbonyl (C=O) groups excluding carboxylic acids is 2. The third kappa shape index (κ3) is 7.16. The number of aryl methyl sites for hydroxylation is 2. The molecular weight excluding hydrogens is 569 g/mol. The number of carbonyl (C=O) groups is 2. The molecule has 0 heterocycles. The minimum absolute atomic E-state index is 0.0383. The zero-order valence-corrected chi connectivity index (χ0v) is 25.7. The summed E-state index contributed by atoms with van der Waals surface area (Å²) in [4.78, 5) is 28.6. The summed E-state index contributed by atoms with van der Waals surface area (Å²) >= 11 is 12.3. The van der Waals surface area contributed by atoms with Crippen LogP contribution in [0.1, 0.15) is 42.5 Å². The molecule has 2 amide bonds. The second-order valence-corrected chi connectivity index (χ2v) is 12.3. The van der Waals surface area contributed by atoms with E-state index in [2.05, 4.69) is 5.32 Å². The van der Waals surface area contributed by atoms with Crippen molar-refractivity contribution in [2.75, 3.05) is 17.4 Å². The Bertz CT molecular complexity index is 1480. The van der Waals surface area contributed by atoms with Crippen LogP contribution in [0, 0.1) is 20.8 Å². The first-order chi connectivity index (χ1) is 18.9. The first kappa shape index (κ1) is 31.5. The van der Waals surface area contributed by atoms with Crippen molar-refractivity contribution in [1.82, 2.24) is 10.2 Å². The van der Waals surface area contributed by atoms with E-state index in [1.54, 1.807) is 56.3 Å². The smallest absolute Gasteiger partial charge is 0.264 e. The molecule has 1 N–H and O–H groups in total. The van der Waals surface area contributed by atoms with Gasteiger partial charge >= 0.3 is 0 Å². The Labute approximate surface area is 247 Å². The number of amides is 2. The number of halogens is 2. The largest absolute Gasteiger partial charge is 0.355 e. The van der Waals surface area contributed by atoms with Gasteiger partial charge in [-0.25, -0.2) is 8.42 Å². The van der Waals surface area contributed by atoms with E-state index >= 15 is 0 Å². The molecule has 3 aromatic rings. The molecule has 0 saturated heterocycles. The predicted octanol–water partition coefficient (Wildman–Crippen LogP) is 6.06. The van der Waals surface area contributed by atoms with Gasteiger partial charge in [-0.2, -0.15) is 0 Å². The molecule has 0 unspecified atom stereocenters. The van der Waals surface area contributed by atoms with E-state index in [1.807, 2.05) is 26.8 Å². The van der Waals surface area contributed by atoms with Crippen LogP contribution in [0.3, 0.4) is 0 Å². The zero-order valence-electron chi connectivity index (χ0n) is 23.4. The maximum atomic E-state index is 14.1. The summed E-state index contributed by atoms with van der Waals surface area (Å²) in [5.74, 6) is -0.848. The molecule has 0 bridgehead atoms. The Balaban J connectivity index is 2.11. The Kier molecular flexibility index (Phi) is 10.6. The number of benzene rings is 3. The lowest BCUT2D eigenvalue weighted by atomic mass is 10.1. The number of likely N-dealkylation sites (N-methyl/N-ethyl adjacent to an activating group) is 1. The molecule has 0 saturated carbocycles. The molecule has 3 aromatic carbocycles. The first-order valence-electron chi connectivity index (χ1n) is 13.1. The quantitative estimate of drug-likeness (QED) is 0.289. The van der Waals surface area contributed by atoms with Crippen LogP contribution < -0.4 is 9.62 Å². The second-order valence-electron chi connectivity index (χ2n) is 9.63. The maximum absolute atomic E-state index is 14.1. The molecule has 0 fully saturated rings. The summed E-state index contributed by atoms with van der Waals surface area (Å²) in [5.41, 5.74) is 3.58. The number of rotatable bonds is 11. The molecule has 10 heteroatoms. The molecule has 40 heavy (non-hydrogen) atoms. The van der Waals surface area contributed by atoms with Crippen LogP contribution >= 0.6 is 23.2 Å². The summed E-state index contributed by atoms with van der Waals surface area (Å²) < 4.78 is 29.2. The van der Waals surface area contributed by atoms with Crippen molar-refractivity contribution in [2.24, 2.45) is 0 Å². The van der Waals surface area contributed by atoms with Crippen LogP contribution in [-0.4, -0.2) is 44.3 Å². The highest BCUT2D eigenvalue weighted by molar-refractivity contribution is 7.92. The van der Waals surface area contributed by atoms with Crippen molar-refractivity contribution in [1.29, 1.82) is 0 Å². The van der Waals surface area contributed by atoms with Gasteiger partial charge in [0.25, 0.3) is 10.0 Å². The molecule has 214 valence electrons. The normalized spacial score (nSPS) is 12.1. The molecule has 3 rings (SSSR count). The number of hydrogen-bond acceptors (Lipinski definition) is 4. The van der Waals surface area contributed by atoms with Gasteiger partial charge in [0.2, 0.25) is 11.8 Å². The summed E-state index contributed by atoms with van der Waals surface area (Å²) in [7, 11) is -4.14. The minimum Gasteiger partial charge on any atom is -0.355 e. The van der Waals surface area contributed by atoms with Crippen molar-refractivity contribution in [3.8, 4) is 0 Å². The number of anilines is 1. The number of sulfonamides is 1. The van der Waals surface area contributed by atoms with E-state index in [4.69, 9.17) is 23.2 Å². The maximum Gasteiger partial charge on any atom is 0.264 e. The number of nitrogens with zero attached hydrogens (tertiary/aromatic N) is 2. The first-order valence-corrected chi connectivity index (χ1v) is 15.3. The molecule has 0 spiro atoms. The summed E-state index contributed by atoms with van der Waals surface area (Å²) in [6.45, 7) is 9.11. The molecule has 0 aliphatic rings. The predicted molar refractivity (Wildman–Crippen MR) is 161 cm³/mol. The SMILES string of the molecule is CCNC(=O)[C@H](CC)N(Cc1ccc(Cl)c(Cl)c1)C(=O)CN(c1cccc(C)c1C)S(=O)(=O)c1ccc(C)cc1. The van der Waals surface area contributed by atoms with Gasteiger partial charge in [-0.1, -0.05) is 66.0 Å². The van der Waals surface area contributed by atoms with Crippen molar-refractivity contribution in [2.45, 2.75) is 58.5 Å². The van der Waals surface area contributed by atoms with Crippen LogP contribution in [0.2, 0.25) is 10.0 Å². The summed E-state index contributed by atoms with van der Waals surface area (Å²) in [5, 5.41) is 3.47. The fourth-order valence-corrected chi connectivity index (χ4v) is 6.20. The molecule has 0 aliphatic heterocycles. The van der Waals surface area contributed by atoms with Gasteiger partial charge in [-0.15, -0.1) is 0 Å². The lowest BCUT2D eigenvalue weighted by Crippen LogP contribution is -2.52. The van der Waals surface area contributed by atoms with Crippen molar-refractivity contribution in [3.63, 3.8) is 0 Å². The van der Waals surface area contributed by atoms with Gasteiger partial charge in [0.1, 0.15) is 12.6 Å². The fraction of sp³-hybridized carbons (Fsp3) is 0.333. The van der Waals surface area contributed by atoms with E-state index in [1.165, 1.54) is 17.0 Å². The highest BCUT2D eigenvalue weighted by Gasteiger charge is 2.34. The summed E-state index contributed by atoms with van der Waals surface area (Å²) in [6, 6.07) is 16.0. The van der Waals surface area contributed by atoms with Crippen molar-refractivity contribution < 1.29 is 18.0 Å². The van der Waals surface area contributed by atoms with E-state index in [0.717, 1.165) is 21.0 Å². The van der Waals surface area contributed by atoms with Gasteiger partial charge in [-0.3, -0.25) is 13.9 Å². The molecule has 1 atom stereocenters.